The molecule has 6 heteroatoms. The standard InChI is InChI=1S/C18H13ClN2O3/c1-3-8-23-18(22)20-12-5-6-14(19)13(10-12)17-21-15-9-11(2)4-7-16(15)24-17/h1,4-7,9-10H,8H2,2H3,(H,20,22). The first-order valence-electron chi connectivity index (χ1n) is 7.11. The number of hydrogen-bond acceptors (Lipinski definition) is 4. The van der Waals surface area contributed by atoms with E-state index in [0.717, 1.165) is 11.1 Å². The van der Waals surface area contributed by atoms with Crippen molar-refractivity contribution in [3.05, 3.63) is 47.0 Å². The van der Waals surface area contributed by atoms with Crippen molar-refractivity contribution in [2.24, 2.45) is 0 Å². The predicted molar refractivity (Wildman–Crippen MR) is 93.0 cm³/mol. The fourth-order valence-corrected chi connectivity index (χ4v) is 2.38. The molecule has 0 aliphatic carbocycles. The van der Waals surface area contributed by atoms with E-state index in [2.05, 4.69) is 16.2 Å². The van der Waals surface area contributed by atoms with Gasteiger partial charge in [-0.1, -0.05) is 23.6 Å². The second kappa shape index (κ2) is 6.65. The Morgan fingerprint density at radius 3 is 3.00 bits per heavy atom. The number of anilines is 1. The second-order valence-electron chi connectivity index (χ2n) is 5.09. The zero-order valence-electron chi connectivity index (χ0n) is 12.8. The summed E-state index contributed by atoms with van der Waals surface area (Å²) in [5, 5.41) is 3.03. The normalized spacial score (nSPS) is 10.4. The van der Waals surface area contributed by atoms with Crippen LogP contribution in [0.5, 0.6) is 0 Å². The van der Waals surface area contributed by atoms with Gasteiger partial charge in [-0.25, -0.2) is 9.78 Å². The van der Waals surface area contributed by atoms with Gasteiger partial charge >= 0.3 is 6.09 Å². The Morgan fingerprint density at radius 1 is 1.38 bits per heavy atom. The van der Waals surface area contributed by atoms with Gasteiger partial charge in [-0.15, -0.1) is 6.42 Å². The van der Waals surface area contributed by atoms with E-state index in [4.69, 9.17) is 27.2 Å². The maximum atomic E-state index is 11.6. The molecule has 0 fully saturated rings. The van der Waals surface area contributed by atoms with Crippen LogP contribution in [-0.4, -0.2) is 17.7 Å². The number of fused-ring (bicyclic) bond motifs is 1. The minimum atomic E-state index is -0.644. The Balaban J connectivity index is 1.93. The molecule has 0 aliphatic heterocycles. The highest BCUT2D eigenvalue weighted by Crippen LogP contribution is 2.32. The van der Waals surface area contributed by atoms with Crippen molar-refractivity contribution < 1.29 is 13.9 Å². The summed E-state index contributed by atoms with van der Waals surface area (Å²) in [6.07, 6.45) is 4.40. The van der Waals surface area contributed by atoms with Crippen molar-refractivity contribution in [2.45, 2.75) is 6.92 Å². The Hall–Kier alpha value is -2.97. The summed E-state index contributed by atoms with van der Waals surface area (Å²) in [5.41, 5.74) is 3.56. The number of oxazole rings is 1. The molecular formula is C18H13ClN2O3. The molecule has 1 heterocycles. The molecule has 1 aromatic heterocycles. The lowest BCUT2D eigenvalue weighted by molar-refractivity contribution is 0.176. The number of carbonyl (C=O) groups is 1. The number of rotatable bonds is 3. The highest BCUT2D eigenvalue weighted by molar-refractivity contribution is 6.33. The van der Waals surface area contributed by atoms with Gasteiger partial charge in [-0.3, -0.25) is 5.32 Å². The molecule has 0 atom stereocenters. The molecule has 0 aliphatic rings. The number of aromatic nitrogens is 1. The van der Waals surface area contributed by atoms with Crippen LogP contribution in [0.3, 0.4) is 0 Å². The van der Waals surface area contributed by atoms with E-state index < -0.39 is 6.09 Å². The van der Waals surface area contributed by atoms with Crippen molar-refractivity contribution in [3.63, 3.8) is 0 Å². The first-order valence-corrected chi connectivity index (χ1v) is 7.49. The van der Waals surface area contributed by atoms with E-state index in [1.807, 2.05) is 25.1 Å². The third kappa shape index (κ3) is 3.34. The van der Waals surface area contributed by atoms with Crippen molar-refractivity contribution in [2.75, 3.05) is 11.9 Å². The summed E-state index contributed by atoms with van der Waals surface area (Å²) in [7, 11) is 0. The van der Waals surface area contributed by atoms with Crippen molar-refractivity contribution in [3.8, 4) is 23.8 Å². The Morgan fingerprint density at radius 2 is 2.21 bits per heavy atom. The first kappa shape index (κ1) is 15.9. The minimum Gasteiger partial charge on any atom is -0.436 e. The number of hydrogen-bond donors (Lipinski definition) is 1. The molecule has 120 valence electrons. The van der Waals surface area contributed by atoms with Crippen LogP contribution in [0.1, 0.15) is 5.56 Å². The third-order valence-electron chi connectivity index (χ3n) is 3.27. The van der Waals surface area contributed by atoms with Crippen LogP contribution in [0.4, 0.5) is 10.5 Å². The van der Waals surface area contributed by atoms with Crippen LogP contribution in [0.15, 0.2) is 40.8 Å². The number of ether oxygens (including phenoxy) is 1. The molecular weight excluding hydrogens is 328 g/mol. The highest BCUT2D eigenvalue weighted by atomic mass is 35.5. The van der Waals surface area contributed by atoms with Gasteiger partial charge in [-0.2, -0.15) is 0 Å². The van der Waals surface area contributed by atoms with E-state index in [0.29, 0.717) is 27.7 Å². The van der Waals surface area contributed by atoms with Gasteiger partial charge in [0, 0.05) is 5.69 Å². The van der Waals surface area contributed by atoms with Gasteiger partial charge in [-0.05, 0) is 42.8 Å². The number of nitrogens with zero attached hydrogens (tertiary/aromatic N) is 1. The third-order valence-corrected chi connectivity index (χ3v) is 3.60. The fourth-order valence-electron chi connectivity index (χ4n) is 2.18. The summed E-state index contributed by atoms with van der Waals surface area (Å²) in [6.45, 7) is 1.88. The quantitative estimate of drug-likeness (QED) is 0.705. The van der Waals surface area contributed by atoms with Crippen molar-refractivity contribution in [1.82, 2.24) is 4.98 Å². The van der Waals surface area contributed by atoms with E-state index in [1.54, 1.807) is 18.2 Å². The maximum absolute atomic E-state index is 11.6. The van der Waals surface area contributed by atoms with E-state index in [9.17, 15) is 4.79 Å². The van der Waals surface area contributed by atoms with Gasteiger partial charge in [0.05, 0.1) is 10.6 Å². The van der Waals surface area contributed by atoms with Gasteiger partial charge in [0.15, 0.2) is 12.2 Å². The van der Waals surface area contributed by atoms with E-state index >= 15 is 0 Å². The molecule has 2 aromatic carbocycles. The van der Waals surface area contributed by atoms with Gasteiger partial charge in [0.2, 0.25) is 5.89 Å². The monoisotopic (exact) mass is 340 g/mol. The summed E-state index contributed by atoms with van der Waals surface area (Å²) in [5.74, 6) is 2.60. The molecule has 3 rings (SSSR count). The number of benzene rings is 2. The molecule has 0 unspecified atom stereocenters. The SMILES string of the molecule is C#CCOC(=O)Nc1ccc(Cl)c(-c2nc3cc(C)ccc3o2)c1. The molecule has 0 bridgehead atoms. The number of carbonyl (C=O) groups excluding carboxylic acids is 1. The molecule has 24 heavy (non-hydrogen) atoms. The summed E-state index contributed by atoms with van der Waals surface area (Å²) in [6, 6.07) is 10.7. The largest absolute Gasteiger partial charge is 0.436 e. The minimum absolute atomic E-state index is 0.100. The molecule has 1 amide bonds. The number of halogens is 1. The van der Waals surface area contributed by atoms with Crippen LogP contribution in [0.25, 0.3) is 22.6 Å². The molecule has 0 radical (unpaired) electrons. The fraction of sp³-hybridized carbons (Fsp3) is 0.111. The molecule has 3 aromatic rings. The Bertz CT molecular complexity index is 957. The Kier molecular flexibility index (Phi) is 4.41. The van der Waals surface area contributed by atoms with Crippen LogP contribution in [0.2, 0.25) is 5.02 Å². The number of nitrogens with one attached hydrogen (secondary N) is 1. The predicted octanol–water partition coefficient (Wildman–Crippen LogP) is 4.64. The van der Waals surface area contributed by atoms with Crippen molar-refractivity contribution >= 4 is 34.5 Å². The van der Waals surface area contributed by atoms with Crippen molar-refractivity contribution in [1.29, 1.82) is 0 Å². The number of amides is 1. The van der Waals surface area contributed by atoms with Gasteiger partial charge < -0.3 is 9.15 Å². The molecule has 5 nitrogen and oxygen atoms in total. The number of terminal acetylenes is 1. The van der Waals surface area contributed by atoms with Crippen LogP contribution >= 0.6 is 11.6 Å². The molecule has 0 saturated heterocycles. The topological polar surface area (TPSA) is 64.4 Å². The Labute approximate surface area is 143 Å². The average Bonchev–Trinajstić information content (AvgIpc) is 2.97. The van der Waals surface area contributed by atoms with Crippen LogP contribution < -0.4 is 5.32 Å². The van der Waals surface area contributed by atoms with Crippen LogP contribution in [-0.2, 0) is 4.74 Å². The summed E-state index contributed by atoms with van der Waals surface area (Å²) < 4.78 is 10.5. The number of aryl methyl sites for hydroxylation is 1. The smallest absolute Gasteiger partial charge is 0.412 e. The van der Waals surface area contributed by atoms with Crippen LogP contribution in [0, 0.1) is 19.3 Å². The lowest BCUT2D eigenvalue weighted by Gasteiger charge is -2.07. The summed E-state index contributed by atoms with van der Waals surface area (Å²) >= 11 is 6.24. The highest BCUT2D eigenvalue weighted by Gasteiger charge is 2.13. The van der Waals surface area contributed by atoms with Gasteiger partial charge in [0.25, 0.3) is 0 Å². The second-order valence-corrected chi connectivity index (χ2v) is 5.50. The molecule has 0 spiro atoms. The molecule has 0 saturated carbocycles. The maximum Gasteiger partial charge on any atom is 0.412 e. The zero-order chi connectivity index (χ0) is 17.1. The lowest BCUT2D eigenvalue weighted by Crippen LogP contribution is -2.13. The zero-order valence-corrected chi connectivity index (χ0v) is 13.6. The first-order chi connectivity index (χ1) is 11.6. The average molecular weight is 341 g/mol. The lowest BCUT2D eigenvalue weighted by atomic mass is 10.2. The molecule has 1 N–H and O–H groups in total. The van der Waals surface area contributed by atoms with E-state index in [-0.39, 0.29) is 6.61 Å². The summed E-state index contributed by atoms with van der Waals surface area (Å²) in [4.78, 5) is 16.0. The van der Waals surface area contributed by atoms with E-state index in [1.165, 1.54) is 0 Å². The van der Waals surface area contributed by atoms with Gasteiger partial charge in [0.1, 0.15) is 5.52 Å².